The summed E-state index contributed by atoms with van der Waals surface area (Å²) in [5, 5.41) is 0. The highest BCUT2D eigenvalue weighted by Gasteiger charge is 2.20. The largest absolute Gasteiger partial charge is 0.497 e. The van der Waals surface area contributed by atoms with E-state index >= 15 is 0 Å². The van der Waals surface area contributed by atoms with E-state index in [-0.39, 0.29) is 0 Å². The molecule has 0 atom stereocenters. The van der Waals surface area contributed by atoms with E-state index in [0.29, 0.717) is 0 Å². The highest BCUT2D eigenvalue weighted by Crippen LogP contribution is 2.39. The Bertz CT molecular complexity index is 1590. The van der Waals surface area contributed by atoms with Crippen LogP contribution in [0.3, 0.4) is 0 Å². The van der Waals surface area contributed by atoms with Crippen molar-refractivity contribution in [1.82, 2.24) is 0 Å². The summed E-state index contributed by atoms with van der Waals surface area (Å²) in [4.78, 5) is 0. The molecule has 1 fully saturated rings. The number of benzene rings is 5. The molecule has 1 nitrogen and oxygen atoms in total. The lowest BCUT2D eigenvalue weighted by Gasteiger charge is -2.26. The molecule has 232 valence electrons. The van der Waals surface area contributed by atoms with Crippen molar-refractivity contribution < 1.29 is 4.74 Å². The molecule has 45 heavy (non-hydrogen) atoms. The molecule has 6 rings (SSSR count). The second-order valence-corrected chi connectivity index (χ2v) is 13.3. The van der Waals surface area contributed by atoms with Gasteiger partial charge in [-0.1, -0.05) is 116 Å². The minimum atomic E-state index is 0.770. The fourth-order valence-electron chi connectivity index (χ4n) is 6.94. The van der Waals surface area contributed by atoms with Crippen LogP contribution in [0.15, 0.2) is 97.1 Å². The first-order valence-electron chi connectivity index (χ1n) is 16.6. The van der Waals surface area contributed by atoms with Gasteiger partial charge in [-0.25, -0.2) is 0 Å². The molecule has 1 heteroatoms. The zero-order valence-corrected chi connectivity index (χ0v) is 28.6. The summed E-state index contributed by atoms with van der Waals surface area (Å²) in [6, 6.07) is 35.2. The van der Waals surface area contributed by atoms with Crippen LogP contribution in [0.5, 0.6) is 5.75 Å². The first kappa shape index (κ1) is 32.3. The Morgan fingerprint density at radius 3 is 1.18 bits per heavy atom. The Hall–Kier alpha value is -4.10. The second kappa shape index (κ2) is 14.3. The van der Waals surface area contributed by atoms with Crippen molar-refractivity contribution in [2.75, 3.05) is 7.11 Å². The normalized spacial score (nSPS) is 16.1. The molecule has 0 unspecified atom stereocenters. The first-order valence-corrected chi connectivity index (χ1v) is 16.6. The molecule has 0 radical (unpaired) electrons. The summed E-state index contributed by atoms with van der Waals surface area (Å²) < 4.78 is 5.21. The minimum Gasteiger partial charge on any atom is -0.497 e. The third-order valence-corrected chi connectivity index (χ3v) is 10.1. The molecule has 5 aromatic carbocycles. The van der Waals surface area contributed by atoms with Gasteiger partial charge in [-0.05, 0) is 140 Å². The minimum absolute atomic E-state index is 0.770. The quantitative estimate of drug-likeness (QED) is 0.197. The number of aryl methyl sites for hydroxylation is 2. The van der Waals surface area contributed by atoms with Crippen LogP contribution >= 0.6 is 0 Å². The summed E-state index contributed by atoms with van der Waals surface area (Å²) in [5.74, 6) is 2.60. The molecule has 0 saturated heterocycles. The van der Waals surface area contributed by atoms with Crippen molar-refractivity contribution in [3.63, 3.8) is 0 Å². The maximum Gasteiger partial charge on any atom is 0.118 e. The molecule has 1 aliphatic carbocycles. The lowest BCUT2D eigenvalue weighted by Crippen LogP contribution is -2.10. The van der Waals surface area contributed by atoms with E-state index in [4.69, 9.17) is 4.74 Å². The van der Waals surface area contributed by atoms with Gasteiger partial charge in [0.1, 0.15) is 5.75 Å². The summed E-state index contributed by atoms with van der Waals surface area (Å²) in [5.41, 5.74) is 17.6. The van der Waals surface area contributed by atoms with Crippen LogP contribution in [0, 0.1) is 47.5 Å². The van der Waals surface area contributed by atoms with Gasteiger partial charge in [-0.3, -0.25) is 0 Å². The molecule has 5 aromatic rings. The Kier molecular flexibility index (Phi) is 10.3. The summed E-state index contributed by atoms with van der Waals surface area (Å²) in [6.07, 6.45) is 5.46. The van der Waals surface area contributed by atoms with Crippen molar-refractivity contribution in [1.29, 1.82) is 0 Å². The van der Waals surface area contributed by atoms with E-state index < -0.39 is 0 Å². The highest BCUT2D eigenvalue weighted by atomic mass is 16.5. The average molecular weight is 595 g/mol. The molecular weight excluding hydrogens is 544 g/mol. The van der Waals surface area contributed by atoms with Crippen molar-refractivity contribution in [2.45, 2.75) is 80.1 Å². The molecule has 1 aliphatic rings. The summed E-state index contributed by atoms with van der Waals surface area (Å²) >= 11 is 0. The van der Waals surface area contributed by atoms with E-state index in [9.17, 15) is 0 Å². The highest BCUT2D eigenvalue weighted by molar-refractivity contribution is 5.82. The van der Waals surface area contributed by atoms with Gasteiger partial charge in [0.05, 0.1) is 7.11 Å². The van der Waals surface area contributed by atoms with Gasteiger partial charge in [-0.15, -0.1) is 0 Å². The number of ether oxygens (including phenoxy) is 1. The summed E-state index contributed by atoms with van der Waals surface area (Å²) in [6.45, 7) is 15.7. The van der Waals surface area contributed by atoms with E-state index in [1.54, 1.807) is 7.11 Å². The molecule has 0 aliphatic heterocycles. The van der Waals surface area contributed by atoms with E-state index in [1.165, 1.54) is 98.0 Å². The van der Waals surface area contributed by atoms with E-state index in [1.807, 2.05) is 12.1 Å². The van der Waals surface area contributed by atoms with Crippen LogP contribution in [0.25, 0.3) is 33.4 Å². The van der Waals surface area contributed by atoms with Crippen LogP contribution < -0.4 is 4.74 Å². The molecule has 0 bridgehead atoms. The van der Waals surface area contributed by atoms with Crippen LogP contribution in [0.4, 0.5) is 0 Å². The smallest absolute Gasteiger partial charge is 0.118 e. The van der Waals surface area contributed by atoms with Crippen molar-refractivity contribution in [2.24, 2.45) is 5.92 Å². The van der Waals surface area contributed by atoms with Gasteiger partial charge < -0.3 is 4.74 Å². The molecule has 0 aromatic heterocycles. The molecule has 0 spiro atoms. The molecular formula is C44H50O. The predicted molar refractivity (Wildman–Crippen MR) is 195 cm³/mol. The molecule has 0 N–H and O–H groups in total. The number of hydrogen-bond acceptors (Lipinski definition) is 1. The fraction of sp³-hybridized carbons (Fsp3) is 0.318. The van der Waals surface area contributed by atoms with Crippen molar-refractivity contribution >= 4 is 0 Å². The third-order valence-electron chi connectivity index (χ3n) is 10.1. The van der Waals surface area contributed by atoms with Gasteiger partial charge in [0.25, 0.3) is 0 Å². The number of methoxy groups -OCH3 is 1. The monoisotopic (exact) mass is 594 g/mol. The van der Waals surface area contributed by atoms with Gasteiger partial charge in [0.15, 0.2) is 0 Å². The van der Waals surface area contributed by atoms with Crippen LogP contribution in [0.1, 0.15) is 77.5 Å². The van der Waals surface area contributed by atoms with Crippen molar-refractivity contribution in [3.8, 4) is 39.1 Å². The van der Waals surface area contributed by atoms with Crippen LogP contribution in [-0.4, -0.2) is 7.11 Å². The van der Waals surface area contributed by atoms with Gasteiger partial charge >= 0.3 is 0 Å². The molecule has 0 amide bonds. The number of hydrogen-bond donors (Lipinski definition) is 0. The zero-order valence-electron chi connectivity index (χ0n) is 28.6. The maximum atomic E-state index is 5.21. The van der Waals surface area contributed by atoms with Crippen molar-refractivity contribution in [3.05, 3.63) is 136 Å². The Morgan fingerprint density at radius 1 is 0.444 bits per heavy atom. The standard InChI is InChI=1S/C24H26.C20H24O/c1-15-7-11-21(12-8-15)23-17(3)19(5)24(20(6)18(23)4)22-13-9-16(2)10-14-22;1-15-3-5-16(6-4-15)17-7-9-18(10-8-17)19-11-13-20(21-2)14-12-19/h7-14H,1-6H3;7-16H,3-6H2,1-2H3. The first-order chi connectivity index (χ1) is 21.7. The van der Waals surface area contributed by atoms with E-state index in [0.717, 1.165) is 17.6 Å². The Labute approximate surface area is 272 Å². The number of rotatable bonds is 5. The third kappa shape index (κ3) is 7.42. The van der Waals surface area contributed by atoms with Gasteiger partial charge in [0, 0.05) is 0 Å². The molecule has 0 heterocycles. The fourth-order valence-corrected chi connectivity index (χ4v) is 6.94. The van der Waals surface area contributed by atoms with E-state index in [2.05, 4.69) is 133 Å². The average Bonchev–Trinajstić information content (AvgIpc) is 3.06. The SMILES string of the molecule is COc1ccc(-c2ccc(C3CCC(C)CC3)cc2)cc1.Cc1ccc(-c2c(C)c(C)c(-c3ccc(C)cc3)c(C)c2C)cc1. The van der Waals surface area contributed by atoms with Crippen LogP contribution in [0.2, 0.25) is 0 Å². The molecule has 1 saturated carbocycles. The Balaban J connectivity index is 0.000000179. The lowest BCUT2D eigenvalue weighted by atomic mass is 9.79. The van der Waals surface area contributed by atoms with Gasteiger partial charge in [0.2, 0.25) is 0 Å². The predicted octanol–water partition coefficient (Wildman–Crippen LogP) is 12.5. The van der Waals surface area contributed by atoms with Crippen LogP contribution in [-0.2, 0) is 0 Å². The van der Waals surface area contributed by atoms with Gasteiger partial charge in [-0.2, -0.15) is 0 Å². The summed E-state index contributed by atoms with van der Waals surface area (Å²) in [7, 11) is 1.70. The zero-order chi connectivity index (χ0) is 32.1. The lowest BCUT2D eigenvalue weighted by molar-refractivity contribution is 0.348. The maximum absolute atomic E-state index is 5.21. The second-order valence-electron chi connectivity index (χ2n) is 13.3. The topological polar surface area (TPSA) is 9.23 Å². The Morgan fingerprint density at radius 2 is 0.800 bits per heavy atom.